The molecule has 0 bridgehead atoms. The quantitative estimate of drug-likeness (QED) is 0.690. The minimum Gasteiger partial charge on any atom is -0.369 e. The topological polar surface area (TPSA) is 129 Å². The lowest BCUT2D eigenvalue weighted by molar-refractivity contribution is 0.102. The molecule has 1 heterocycles. The molecule has 12 heteroatoms. The highest BCUT2D eigenvalue weighted by molar-refractivity contribution is 7.89. The van der Waals surface area contributed by atoms with Crippen LogP contribution in [0.15, 0.2) is 35.3 Å². The zero-order valence-corrected chi connectivity index (χ0v) is 17.1. The van der Waals surface area contributed by atoms with Gasteiger partial charge >= 0.3 is 0 Å². The van der Waals surface area contributed by atoms with Crippen LogP contribution in [0.5, 0.6) is 0 Å². The summed E-state index contributed by atoms with van der Waals surface area (Å²) in [7, 11) is -2.97. The standard InChI is InChI=1S/C19H16F3N5O3S/c1-19(9-31(29,30)27(2)18(24)26-19)14-15(21)12(20)7-13(16(14)22)25-17(28)11-5-3-10(8-23)4-6-11/h3-7H,9H2,1-2H3,(H2,24,26)(H,25,28)/t19-/m0/s1. The molecule has 1 aliphatic rings. The van der Waals surface area contributed by atoms with Crippen LogP contribution in [0, 0.1) is 28.8 Å². The predicted molar refractivity (Wildman–Crippen MR) is 106 cm³/mol. The Morgan fingerprint density at radius 1 is 1.26 bits per heavy atom. The summed E-state index contributed by atoms with van der Waals surface area (Å²) in [5.41, 5.74) is 2.12. The van der Waals surface area contributed by atoms with E-state index in [1.54, 1.807) is 0 Å². The first kappa shape index (κ1) is 22.1. The normalized spacial score (nSPS) is 20.0. The zero-order valence-electron chi connectivity index (χ0n) is 16.3. The van der Waals surface area contributed by atoms with Crippen molar-refractivity contribution in [1.82, 2.24) is 4.31 Å². The van der Waals surface area contributed by atoms with E-state index < -0.39 is 61.9 Å². The summed E-state index contributed by atoms with van der Waals surface area (Å²) < 4.78 is 69.4. The Labute approximate surface area is 175 Å². The van der Waals surface area contributed by atoms with Crippen LogP contribution in [0.4, 0.5) is 18.9 Å². The van der Waals surface area contributed by atoms with Gasteiger partial charge in [-0.05, 0) is 31.2 Å². The Kier molecular flexibility index (Phi) is 5.41. The monoisotopic (exact) mass is 451 g/mol. The summed E-state index contributed by atoms with van der Waals surface area (Å²) in [4.78, 5) is 16.3. The van der Waals surface area contributed by atoms with Gasteiger partial charge in [-0.2, -0.15) is 5.26 Å². The van der Waals surface area contributed by atoms with Gasteiger partial charge in [-0.3, -0.25) is 4.79 Å². The van der Waals surface area contributed by atoms with Gasteiger partial charge in [0, 0.05) is 18.7 Å². The van der Waals surface area contributed by atoms with Crippen LogP contribution in [-0.2, 0) is 15.6 Å². The first-order valence-corrected chi connectivity index (χ1v) is 10.3. The number of sulfonamides is 1. The Balaban J connectivity index is 2.08. The number of carbonyl (C=O) groups is 1. The molecule has 0 unspecified atom stereocenters. The van der Waals surface area contributed by atoms with Crippen molar-refractivity contribution in [2.75, 3.05) is 18.1 Å². The Morgan fingerprint density at radius 2 is 1.87 bits per heavy atom. The summed E-state index contributed by atoms with van der Waals surface area (Å²) >= 11 is 0. The third kappa shape index (κ3) is 3.91. The lowest BCUT2D eigenvalue weighted by atomic mass is 9.92. The number of nitrogens with two attached hydrogens (primary N) is 1. The van der Waals surface area contributed by atoms with Gasteiger partial charge in [0.25, 0.3) is 5.91 Å². The van der Waals surface area contributed by atoms with E-state index in [4.69, 9.17) is 11.0 Å². The molecule has 31 heavy (non-hydrogen) atoms. The van der Waals surface area contributed by atoms with Crippen molar-refractivity contribution in [2.45, 2.75) is 12.5 Å². The van der Waals surface area contributed by atoms with E-state index in [1.165, 1.54) is 24.3 Å². The van der Waals surface area contributed by atoms with E-state index in [1.807, 2.05) is 6.07 Å². The maximum absolute atomic E-state index is 15.2. The van der Waals surface area contributed by atoms with Gasteiger partial charge < -0.3 is 11.1 Å². The highest BCUT2D eigenvalue weighted by atomic mass is 32.2. The van der Waals surface area contributed by atoms with E-state index >= 15 is 4.39 Å². The number of guanidine groups is 1. The molecule has 0 aliphatic carbocycles. The number of hydrogen-bond donors (Lipinski definition) is 2. The Morgan fingerprint density at radius 3 is 2.42 bits per heavy atom. The number of halogens is 3. The number of aliphatic imine (C=N–C) groups is 1. The van der Waals surface area contributed by atoms with Crippen molar-refractivity contribution >= 4 is 27.6 Å². The molecule has 1 aliphatic heterocycles. The van der Waals surface area contributed by atoms with Crippen LogP contribution in [0.2, 0.25) is 0 Å². The highest BCUT2D eigenvalue weighted by Gasteiger charge is 2.44. The van der Waals surface area contributed by atoms with Crippen molar-refractivity contribution in [1.29, 1.82) is 5.26 Å². The third-order valence-corrected chi connectivity index (χ3v) is 6.73. The van der Waals surface area contributed by atoms with E-state index in [-0.39, 0.29) is 11.1 Å². The molecule has 0 saturated carbocycles. The second-order valence-corrected chi connectivity index (χ2v) is 9.02. The number of hydrogen-bond acceptors (Lipinski definition) is 6. The molecule has 1 atom stereocenters. The largest absolute Gasteiger partial charge is 0.369 e. The van der Waals surface area contributed by atoms with Crippen molar-refractivity contribution in [3.05, 3.63) is 64.5 Å². The number of rotatable bonds is 3. The maximum Gasteiger partial charge on any atom is 0.255 e. The van der Waals surface area contributed by atoms with Gasteiger partial charge in [0.2, 0.25) is 16.0 Å². The van der Waals surface area contributed by atoms with Gasteiger partial charge in [0.05, 0.1) is 28.6 Å². The maximum atomic E-state index is 15.2. The summed E-state index contributed by atoms with van der Waals surface area (Å²) in [6.45, 7) is 1.09. The SMILES string of the molecule is CN1C(N)=N[C@](C)(c2c(F)c(F)cc(NC(=O)c3ccc(C#N)cc3)c2F)CS1(=O)=O. The molecular formula is C19H16F3N5O3S. The second-order valence-electron chi connectivity index (χ2n) is 7.02. The fraction of sp³-hybridized carbons (Fsp3) is 0.211. The van der Waals surface area contributed by atoms with Gasteiger partial charge in [-0.15, -0.1) is 0 Å². The first-order valence-electron chi connectivity index (χ1n) is 8.71. The summed E-state index contributed by atoms with van der Waals surface area (Å²) in [5.74, 6) is -6.81. The van der Waals surface area contributed by atoms with Crippen LogP contribution < -0.4 is 11.1 Å². The average molecular weight is 451 g/mol. The van der Waals surface area contributed by atoms with Crippen LogP contribution in [-0.4, -0.2) is 37.4 Å². The van der Waals surface area contributed by atoms with E-state index in [2.05, 4.69) is 10.3 Å². The van der Waals surface area contributed by atoms with E-state index in [0.29, 0.717) is 10.4 Å². The molecule has 2 aromatic rings. The summed E-state index contributed by atoms with van der Waals surface area (Å²) in [6, 6.07) is 7.60. The van der Waals surface area contributed by atoms with E-state index in [9.17, 15) is 22.0 Å². The van der Waals surface area contributed by atoms with Crippen LogP contribution >= 0.6 is 0 Å². The summed E-state index contributed by atoms with van der Waals surface area (Å²) in [5, 5.41) is 10.9. The molecule has 0 radical (unpaired) electrons. The van der Waals surface area contributed by atoms with Crippen molar-refractivity contribution < 1.29 is 26.4 Å². The van der Waals surface area contributed by atoms with Crippen molar-refractivity contribution in [3.63, 3.8) is 0 Å². The molecule has 0 spiro atoms. The van der Waals surface area contributed by atoms with Crippen molar-refractivity contribution in [2.24, 2.45) is 10.7 Å². The van der Waals surface area contributed by atoms with Gasteiger partial charge in [-0.1, -0.05) is 0 Å². The third-order valence-electron chi connectivity index (χ3n) is 4.78. The van der Waals surface area contributed by atoms with E-state index in [0.717, 1.165) is 14.0 Å². The minimum absolute atomic E-state index is 0.0278. The minimum atomic E-state index is -4.09. The van der Waals surface area contributed by atoms with Crippen molar-refractivity contribution in [3.8, 4) is 6.07 Å². The number of nitriles is 1. The molecule has 2 aromatic carbocycles. The number of nitrogens with one attached hydrogen (secondary N) is 1. The molecule has 3 rings (SSSR count). The second kappa shape index (κ2) is 7.59. The highest BCUT2D eigenvalue weighted by Crippen LogP contribution is 2.38. The predicted octanol–water partition coefficient (Wildman–Crippen LogP) is 2.03. The molecule has 3 N–H and O–H groups in total. The smallest absolute Gasteiger partial charge is 0.255 e. The van der Waals surface area contributed by atoms with Crippen LogP contribution in [0.25, 0.3) is 0 Å². The van der Waals surface area contributed by atoms with Crippen LogP contribution in [0.1, 0.15) is 28.4 Å². The number of amides is 1. The Hall–Kier alpha value is -3.59. The average Bonchev–Trinajstić information content (AvgIpc) is 2.70. The Bertz CT molecular complexity index is 1260. The molecule has 0 saturated heterocycles. The number of benzene rings is 2. The molecule has 8 nitrogen and oxygen atoms in total. The van der Waals surface area contributed by atoms with Gasteiger partial charge in [0.15, 0.2) is 17.5 Å². The van der Waals surface area contributed by atoms with Crippen LogP contribution in [0.3, 0.4) is 0 Å². The lowest BCUT2D eigenvalue weighted by Gasteiger charge is -2.35. The number of nitrogens with zero attached hydrogens (tertiary/aromatic N) is 3. The first-order chi connectivity index (χ1) is 14.4. The van der Waals surface area contributed by atoms with Gasteiger partial charge in [0.1, 0.15) is 5.54 Å². The molecule has 0 fully saturated rings. The number of anilines is 1. The van der Waals surface area contributed by atoms with Gasteiger partial charge in [-0.25, -0.2) is 30.9 Å². The number of carbonyl (C=O) groups excluding carboxylic acids is 1. The molecular weight excluding hydrogens is 435 g/mol. The molecule has 1 amide bonds. The zero-order chi connectivity index (χ0) is 23.1. The fourth-order valence-electron chi connectivity index (χ4n) is 3.14. The lowest BCUT2D eigenvalue weighted by Crippen LogP contribution is -2.50. The molecule has 0 aromatic heterocycles. The molecule has 162 valence electrons. The summed E-state index contributed by atoms with van der Waals surface area (Å²) in [6.07, 6.45) is 0. The fourth-order valence-corrected chi connectivity index (χ4v) is 4.58.